The Kier molecular flexibility index (Phi) is 3.20. The average Bonchev–Trinajstić information content (AvgIpc) is 2.81. The predicted octanol–water partition coefficient (Wildman–Crippen LogP) is 3.27. The van der Waals surface area contributed by atoms with Gasteiger partial charge in [-0.25, -0.2) is 4.98 Å². The monoisotopic (exact) mass is 296 g/mol. The zero-order chi connectivity index (χ0) is 15.0. The molecule has 2 aromatic heterocycles. The van der Waals surface area contributed by atoms with E-state index >= 15 is 0 Å². The Hall–Kier alpha value is -2.65. The second kappa shape index (κ2) is 5.04. The molecule has 0 fully saturated rings. The quantitative estimate of drug-likeness (QED) is 0.737. The van der Waals surface area contributed by atoms with E-state index in [-0.39, 0.29) is 0 Å². The number of aromatic amines is 1. The molecule has 0 radical (unpaired) electrons. The number of hydrogen-bond acceptors (Lipinski definition) is 4. The van der Waals surface area contributed by atoms with Gasteiger partial charge < -0.3 is 9.72 Å². The van der Waals surface area contributed by atoms with Crippen molar-refractivity contribution in [1.82, 2.24) is 14.5 Å². The molecule has 0 aliphatic carbocycles. The molecular formula is C15H12N4OS. The summed E-state index contributed by atoms with van der Waals surface area (Å²) in [7, 11) is 1.57. The van der Waals surface area contributed by atoms with Crippen molar-refractivity contribution in [2.75, 3.05) is 7.11 Å². The van der Waals surface area contributed by atoms with Crippen molar-refractivity contribution in [3.8, 4) is 17.5 Å². The van der Waals surface area contributed by atoms with E-state index in [1.54, 1.807) is 25.4 Å². The molecule has 1 N–H and O–H groups in total. The normalized spacial score (nSPS) is 10.5. The fraction of sp³-hybridized carbons (Fsp3) is 0.133. The first kappa shape index (κ1) is 13.3. The Bertz CT molecular complexity index is 933. The van der Waals surface area contributed by atoms with Crippen LogP contribution in [-0.2, 0) is 0 Å². The maximum Gasteiger partial charge on any atom is 0.184 e. The van der Waals surface area contributed by atoms with Crippen LogP contribution in [0.5, 0.6) is 5.75 Å². The molecule has 21 heavy (non-hydrogen) atoms. The number of nitrogens with one attached hydrogen (secondary N) is 1. The summed E-state index contributed by atoms with van der Waals surface area (Å²) in [4.78, 5) is 7.58. The maximum absolute atomic E-state index is 8.98. The van der Waals surface area contributed by atoms with Crippen LogP contribution in [0.25, 0.3) is 16.9 Å². The Labute approximate surface area is 126 Å². The largest absolute Gasteiger partial charge is 0.495 e. The van der Waals surface area contributed by atoms with Gasteiger partial charge in [-0.1, -0.05) is 0 Å². The van der Waals surface area contributed by atoms with Crippen LogP contribution >= 0.6 is 12.2 Å². The summed E-state index contributed by atoms with van der Waals surface area (Å²) < 4.78 is 7.72. The van der Waals surface area contributed by atoms with Gasteiger partial charge in [-0.2, -0.15) is 5.26 Å². The van der Waals surface area contributed by atoms with E-state index in [0.717, 1.165) is 22.4 Å². The number of rotatable bonds is 2. The SMILES string of the molecule is COc1cc(C#N)ccc1-n1c(=S)[nH]c2cc(C)cnc21. The number of benzene rings is 1. The predicted molar refractivity (Wildman–Crippen MR) is 82.3 cm³/mol. The van der Waals surface area contributed by atoms with Crippen LogP contribution < -0.4 is 4.74 Å². The van der Waals surface area contributed by atoms with Gasteiger partial charge in [-0.05, 0) is 42.9 Å². The minimum atomic E-state index is 0.533. The average molecular weight is 296 g/mol. The van der Waals surface area contributed by atoms with Crippen LogP contribution in [0.2, 0.25) is 0 Å². The molecule has 1 aromatic carbocycles. The van der Waals surface area contributed by atoms with E-state index in [4.69, 9.17) is 22.2 Å². The van der Waals surface area contributed by atoms with Gasteiger partial charge in [0.05, 0.1) is 29.9 Å². The summed E-state index contributed by atoms with van der Waals surface area (Å²) in [5, 5.41) is 8.98. The van der Waals surface area contributed by atoms with Gasteiger partial charge in [0.1, 0.15) is 5.75 Å². The van der Waals surface area contributed by atoms with Crippen molar-refractivity contribution < 1.29 is 4.74 Å². The summed E-state index contributed by atoms with van der Waals surface area (Å²) in [6, 6.07) is 9.31. The number of nitrogens with zero attached hydrogens (tertiary/aromatic N) is 3. The van der Waals surface area contributed by atoms with E-state index in [1.807, 2.05) is 23.6 Å². The third-order valence-corrected chi connectivity index (χ3v) is 3.49. The van der Waals surface area contributed by atoms with Gasteiger partial charge in [0.15, 0.2) is 10.4 Å². The Balaban J connectivity index is 2.33. The van der Waals surface area contributed by atoms with Crippen LogP contribution in [-0.4, -0.2) is 21.6 Å². The molecule has 0 aliphatic rings. The number of methoxy groups -OCH3 is 1. The third-order valence-electron chi connectivity index (χ3n) is 3.21. The molecule has 2 heterocycles. The molecular weight excluding hydrogens is 284 g/mol. The maximum atomic E-state index is 8.98. The highest BCUT2D eigenvalue weighted by Crippen LogP contribution is 2.27. The lowest BCUT2D eigenvalue weighted by molar-refractivity contribution is 0.413. The first-order chi connectivity index (χ1) is 10.1. The first-order valence-electron chi connectivity index (χ1n) is 6.30. The number of aromatic nitrogens is 3. The van der Waals surface area contributed by atoms with Gasteiger partial charge in [0, 0.05) is 12.3 Å². The molecule has 0 unspecified atom stereocenters. The molecule has 0 saturated heterocycles. The van der Waals surface area contributed by atoms with E-state index < -0.39 is 0 Å². The fourth-order valence-electron chi connectivity index (χ4n) is 2.25. The summed E-state index contributed by atoms with van der Waals surface area (Å²) in [6.45, 7) is 1.98. The molecule has 3 rings (SSSR count). The van der Waals surface area contributed by atoms with E-state index in [1.165, 1.54) is 0 Å². The first-order valence-corrected chi connectivity index (χ1v) is 6.71. The second-order valence-corrected chi connectivity index (χ2v) is 5.03. The zero-order valence-corrected chi connectivity index (χ0v) is 12.4. The van der Waals surface area contributed by atoms with E-state index in [0.29, 0.717) is 16.1 Å². The van der Waals surface area contributed by atoms with Gasteiger partial charge in [-0.15, -0.1) is 0 Å². The van der Waals surface area contributed by atoms with Crippen LogP contribution in [0.4, 0.5) is 0 Å². The van der Waals surface area contributed by atoms with Crippen molar-refractivity contribution in [3.63, 3.8) is 0 Å². The van der Waals surface area contributed by atoms with Crippen LogP contribution in [0, 0.1) is 23.0 Å². The lowest BCUT2D eigenvalue weighted by atomic mass is 10.2. The Morgan fingerprint density at radius 2 is 2.19 bits per heavy atom. The van der Waals surface area contributed by atoms with Crippen LogP contribution in [0.15, 0.2) is 30.5 Å². The van der Waals surface area contributed by atoms with Gasteiger partial charge in [-0.3, -0.25) is 4.57 Å². The van der Waals surface area contributed by atoms with Crippen molar-refractivity contribution >= 4 is 23.4 Å². The Morgan fingerprint density at radius 1 is 1.38 bits per heavy atom. The number of pyridine rings is 1. The molecule has 0 bridgehead atoms. The van der Waals surface area contributed by atoms with Gasteiger partial charge >= 0.3 is 0 Å². The van der Waals surface area contributed by atoms with Crippen LogP contribution in [0.3, 0.4) is 0 Å². The highest BCUT2D eigenvalue weighted by molar-refractivity contribution is 7.71. The molecule has 0 aliphatic heterocycles. The lowest BCUT2D eigenvalue weighted by Gasteiger charge is -2.10. The number of aryl methyl sites for hydroxylation is 1. The minimum Gasteiger partial charge on any atom is -0.495 e. The van der Waals surface area contributed by atoms with Gasteiger partial charge in [0.2, 0.25) is 0 Å². The minimum absolute atomic E-state index is 0.533. The number of H-pyrrole nitrogens is 1. The third kappa shape index (κ3) is 2.18. The topological polar surface area (TPSA) is 66.6 Å². The summed E-state index contributed by atoms with van der Waals surface area (Å²) in [5.74, 6) is 0.577. The number of nitriles is 1. The highest BCUT2D eigenvalue weighted by Gasteiger charge is 2.13. The van der Waals surface area contributed by atoms with Crippen molar-refractivity contribution in [2.45, 2.75) is 6.92 Å². The molecule has 6 heteroatoms. The standard InChI is InChI=1S/C15H12N4OS/c1-9-5-11-14(17-8-9)19(15(21)18-11)12-4-3-10(7-16)6-13(12)20-2/h3-6,8H,1-2H3,(H,18,21). The molecule has 3 aromatic rings. The summed E-state index contributed by atoms with van der Waals surface area (Å²) in [5.41, 5.74) is 3.94. The zero-order valence-electron chi connectivity index (χ0n) is 11.5. The van der Waals surface area contributed by atoms with Crippen molar-refractivity contribution in [2.24, 2.45) is 0 Å². The molecule has 0 saturated carbocycles. The van der Waals surface area contributed by atoms with Crippen molar-refractivity contribution in [1.29, 1.82) is 5.26 Å². The number of imidazole rings is 1. The number of hydrogen-bond donors (Lipinski definition) is 1. The summed E-state index contributed by atoms with van der Waals surface area (Å²) in [6.07, 6.45) is 1.79. The number of ether oxygens (including phenoxy) is 1. The number of fused-ring (bicyclic) bond motifs is 1. The molecule has 5 nitrogen and oxygen atoms in total. The molecule has 104 valence electrons. The smallest absolute Gasteiger partial charge is 0.184 e. The molecule has 0 atom stereocenters. The van der Waals surface area contributed by atoms with Crippen LogP contribution in [0.1, 0.15) is 11.1 Å². The summed E-state index contributed by atoms with van der Waals surface area (Å²) >= 11 is 5.39. The fourth-order valence-corrected chi connectivity index (χ4v) is 2.55. The molecule has 0 spiro atoms. The van der Waals surface area contributed by atoms with E-state index in [9.17, 15) is 0 Å². The van der Waals surface area contributed by atoms with Gasteiger partial charge in [0.25, 0.3) is 0 Å². The van der Waals surface area contributed by atoms with Crippen molar-refractivity contribution in [3.05, 3.63) is 46.4 Å². The highest BCUT2D eigenvalue weighted by atomic mass is 32.1. The van der Waals surface area contributed by atoms with E-state index in [2.05, 4.69) is 16.0 Å². The second-order valence-electron chi connectivity index (χ2n) is 4.65. The lowest BCUT2D eigenvalue weighted by Crippen LogP contribution is -1.99. The molecule has 0 amide bonds. The Morgan fingerprint density at radius 3 is 2.90 bits per heavy atom.